The van der Waals surface area contributed by atoms with Gasteiger partial charge in [0.1, 0.15) is 5.82 Å². The van der Waals surface area contributed by atoms with Crippen molar-refractivity contribution in [1.29, 1.82) is 0 Å². The molecule has 1 aliphatic heterocycles. The molecule has 0 spiro atoms. The first kappa shape index (κ1) is 17.4. The quantitative estimate of drug-likeness (QED) is 0.876. The highest BCUT2D eigenvalue weighted by atomic mass is 16.4. The van der Waals surface area contributed by atoms with Gasteiger partial charge in [-0.25, -0.2) is 9.78 Å². The van der Waals surface area contributed by atoms with Gasteiger partial charge in [-0.05, 0) is 43.5 Å². The van der Waals surface area contributed by atoms with Crippen molar-refractivity contribution in [2.24, 2.45) is 5.92 Å². The van der Waals surface area contributed by atoms with Crippen molar-refractivity contribution in [3.05, 3.63) is 59.8 Å². The first-order valence-corrected chi connectivity index (χ1v) is 8.79. The molecule has 0 unspecified atom stereocenters. The molecule has 1 aliphatic rings. The van der Waals surface area contributed by atoms with Crippen LogP contribution in [0.5, 0.6) is 0 Å². The summed E-state index contributed by atoms with van der Waals surface area (Å²) in [7, 11) is 2.18. The van der Waals surface area contributed by atoms with E-state index in [-0.39, 0.29) is 5.69 Å². The molecule has 132 valence electrons. The highest BCUT2D eigenvalue weighted by Gasteiger charge is 2.22. The number of anilines is 1. The number of carboxylic acid groups (broad SMARTS) is 1. The van der Waals surface area contributed by atoms with Gasteiger partial charge in [0, 0.05) is 26.2 Å². The Bertz CT molecular complexity index is 697. The van der Waals surface area contributed by atoms with E-state index in [0.29, 0.717) is 5.92 Å². The number of carboxylic acids is 1. The summed E-state index contributed by atoms with van der Waals surface area (Å²) in [5, 5.41) is 9.08. The van der Waals surface area contributed by atoms with E-state index in [0.717, 1.165) is 44.8 Å². The Morgan fingerprint density at radius 3 is 2.56 bits per heavy atom. The summed E-state index contributed by atoms with van der Waals surface area (Å²) in [6.07, 6.45) is 2.22. The van der Waals surface area contributed by atoms with Crippen LogP contribution in [0.1, 0.15) is 28.9 Å². The number of pyridine rings is 1. The van der Waals surface area contributed by atoms with Crippen molar-refractivity contribution in [3.63, 3.8) is 0 Å². The molecule has 2 heterocycles. The molecular weight excluding hydrogens is 314 g/mol. The molecule has 1 aromatic carbocycles. The number of aromatic nitrogens is 1. The molecule has 0 radical (unpaired) electrons. The Hall–Kier alpha value is -2.40. The van der Waals surface area contributed by atoms with Crippen LogP contribution in [0.2, 0.25) is 0 Å². The Morgan fingerprint density at radius 2 is 1.88 bits per heavy atom. The number of hydrogen-bond acceptors (Lipinski definition) is 4. The molecule has 3 rings (SSSR count). The van der Waals surface area contributed by atoms with Gasteiger partial charge in [0.2, 0.25) is 0 Å². The van der Waals surface area contributed by atoms with Crippen molar-refractivity contribution in [2.75, 3.05) is 31.6 Å². The minimum atomic E-state index is -0.973. The second kappa shape index (κ2) is 8.12. The average Bonchev–Trinajstić information content (AvgIpc) is 2.63. The molecule has 0 aliphatic carbocycles. The zero-order chi connectivity index (χ0) is 17.6. The molecule has 5 nitrogen and oxygen atoms in total. The summed E-state index contributed by atoms with van der Waals surface area (Å²) in [4.78, 5) is 19.9. The van der Waals surface area contributed by atoms with E-state index in [1.54, 1.807) is 6.07 Å². The first-order chi connectivity index (χ1) is 12.1. The third kappa shape index (κ3) is 4.79. The van der Waals surface area contributed by atoms with Gasteiger partial charge in [-0.15, -0.1) is 0 Å². The molecule has 0 saturated carbocycles. The summed E-state index contributed by atoms with van der Waals surface area (Å²) in [5.41, 5.74) is 1.46. The van der Waals surface area contributed by atoms with Crippen LogP contribution < -0.4 is 4.90 Å². The smallest absolute Gasteiger partial charge is 0.354 e. The van der Waals surface area contributed by atoms with Crippen molar-refractivity contribution < 1.29 is 9.90 Å². The Labute approximate surface area is 148 Å². The van der Waals surface area contributed by atoms with E-state index < -0.39 is 5.97 Å². The summed E-state index contributed by atoms with van der Waals surface area (Å²) >= 11 is 0. The van der Waals surface area contributed by atoms with E-state index in [1.807, 2.05) is 12.1 Å². The van der Waals surface area contributed by atoms with Crippen LogP contribution in [0.4, 0.5) is 5.82 Å². The zero-order valence-electron chi connectivity index (χ0n) is 14.6. The number of benzene rings is 1. The van der Waals surface area contributed by atoms with Crippen molar-refractivity contribution in [1.82, 2.24) is 9.88 Å². The third-order valence-corrected chi connectivity index (χ3v) is 4.76. The van der Waals surface area contributed by atoms with Crippen molar-refractivity contribution >= 4 is 11.8 Å². The normalized spacial score (nSPS) is 15.5. The molecule has 25 heavy (non-hydrogen) atoms. The first-order valence-electron chi connectivity index (χ1n) is 8.79. The fourth-order valence-corrected chi connectivity index (χ4v) is 3.46. The van der Waals surface area contributed by atoms with E-state index in [4.69, 9.17) is 5.11 Å². The second-order valence-corrected chi connectivity index (χ2v) is 6.80. The van der Waals surface area contributed by atoms with Gasteiger partial charge in [-0.3, -0.25) is 0 Å². The second-order valence-electron chi connectivity index (χ2n) is 6.80. The lowest BCUT2D eigenvalue weighted by atomic mass is 9.96. The Kier molecular flexibility index (Phi) is 5.66. The molecule has 0 amide bonds. The predicted molar refractivity (Wildman–Crippen MR) is 98.9 cm³/mol. The molecule has 5 heteroatoms. The van der Waals surface area contributed by atoms with E-state index in [9.17, 15) is 4.79 Å². The predicted octanol–water partition coefficient (Wildman–Crippen LogP) is 3.13. The highest BCUT2D eigenvalue weighted by Crippen LogP contribution is 2.23. The largest absolute Gasteiger partial charge is 0.477 e. The fraction of sp³-hybridized carbons (Fsp3) is 0.400. The van der Waals surface area contributed by atoms with E-state index in [1.165, 1.54) is 11.6 Å². The average molecular weight is 339 g/mol. The molecule has 0 atom stereocenters. The molecule has 1 N–H and O–H groups in total. The molecule has 1 fully saturated rings. The summed E-state index contributed by atoms with van der Waals surface area (Å²) in [6, 6.07) is 15.8. The molecule has 2 aromatic rings. The van der Waals surface area contributed by atoms with Crippen LogP contribution in [0.3, 0.4) is 0 Å². The maximum Gasteiger partial charge on any atom is 0.354 e. The van der Waals surface area contributed by atoms with Crippen molar-refractivity contribution in [2.45, 2.75) is 19.4 Å². The lowest BCUT2D eigenvalue weighted by Crippen LogP contribution is -2.38. The number of rotatable bonds is 6. The van der Waals surface area contributed by atoms with Gasteiger partial charge in [-0.2, -0.15) is 0 Å². The van der Waals surface area contributed by atoms with Crippen LogP contribution >= 0.6 is 0 Å². The van der Waals surface area contributed by atoms with Crippen LogP contribution in [-0.4, -0.2) is 47.6 Å². The summed E-state index contributed by atoms with van der Waals surface area (Å²) in [6.45, 7) is 3.93. The third-order valence-electron chi connectivity index (χ3n) is 4.76. The van der Waals surface area contributed by atoms with Gasteiger partial charge in [-0.1, -0.05) is 36.4 Å². The Balaban J connectivity index is 1.50. The number of hydrogen-bond donors (Lipinski definition) is 1. The maximum absolute atomic E-state index is 11.1. The van der Waals surface area contributed by atoms with E-state index >= 15 is 0 Å². The SMILES string of the molecule is CN(Cc1ccccc1)CC1CCN(c2cccc(C(=O)O)n2)CC1. The Morgan fingerprint density at radius 1 is 1.16 bits per heavy atom. The molecule has 0 bridgehead atoms. The number of piperidine rings is 1. The topological polar surface area (TPSA) is 56.7 Å². The number of aromatic carboxylic acids is 1. The van der Waals surface area contributed by atoms with E-state index in [2.05, 4.69) is 46.1 Å². The highest BCUT2D eigenvalue weighted by molar-refractivity contribution is 5.85. The molecule has 1 saturated heterocycles. The maximum atomic E-state index is 11.1. The van der Waals surface area contributed by atoms with Crippen LogP contribution in [0, 0.1) is 5.92 Å². The lowest BCUT2D eigenvalue weighted by Gasteiger charge is -2.34. The van der Waals surface area contributed by atoms with Crippen molar-refractivity contribution in [3.8, 4) is 0 Å². The van der Waals surface area contributed by atoms with Crippen LogP contribution in [-0.2, 0) is 6.54 Å². The van der Waals surface area contributed by atoms with Crippen LogP contribution in [0.15, 0.2) is 48.5 Å². The zero-order valence-corrected chi connectivity index (χ0v) is 14.6. The standard InChI is InChI=1S/C20H25N3O2/c1-22(14-16-6-3-2-4-7-16)15-17-10-12-23(13-11-17)19-9-5-8-18(21-19)20(24)25/h2-9,17H,10-15H2,1H3,(H,24,25). The molecule has 1 aromatic heterocycles. The van der Waals surface area contributed by atoms with Gasteiger partial charge in [0.15, 0.2) is 5.69 Å². The summed E-state index contributed by atoms with van der Waals surface area (Å²) in [5.74, 6) is 0.475. The minimum Gasteiger partial charge on any atom is -0.477 e. The van der Waals surface area contributed by atoms with Gasteiger partial charge in [0.05, 0.1) is 0 Å². The van der Waals surface area contributed by atoms with Crippen LogP contribution in [0.25, 0.3) is 0 Å². The monoisotopic (exact) mass is 339 g/mol. The van der Waals surface area contributed by atoms with Gasteiger partial charge >= 0.3 is 5.97 Å². The number of carbonyl (C=O) groups is 1. The van der Waals surface area contributed by atoms with Gasteiger partial charge < -0.3 is 14.9 Å². The fourth-order valence-electron chi connectivity index (χ4n) is 3.46. The summed E-state index contributed by atoms with van der Waals surface area (Å²) < 4.78 is 0. The van der Waals surface area contributed by atoms with Gasteiger partial charge in [0.25, 0.3) is 0 Å². The minimum absolute atomic E-state index is 0.113. The molecular formula is C20H25N3O2. The number of nitrogens with zero attached hydrogens (tertiary/aromatic N) is 3. The lowest BCUT2D eigenvalue weighted by molar-refractivity contribution is 0.0690.